The molecule has 0 spiro atoms. The zero-order valence-electron chi connectivity index (χ0n) is 10.2. The van der Waals surface area contributed by atoms with Crippen molar-refractivity contribution in [3.63, 3.8) is 0 Å². The van der Waals surface area contributed by atoms with Crippen LogP contribution in [0, 0.1) is 0 Å². The van der Waals surface area contributed by atoms with E-state index in [-0.39, 0.29) is 0 Å². The fourth-order valence-corrected chi connectivity index (χ4v) is 1.56. The van der Waals surface area contributed by atoms with Crippen LogP contribution in [0.2, 0.25) is 0 Å². The lowest BCUT2D eigenvalue weighted by Crippen LogP contribution is -2.14. The van der Waals surface area contributed by atoms with Gasteiger partial charge in [-0.1, -0.05) is 30.3 Å². The Morgan fingerprint density at radius 1 is 1.00 bits per heavy atom. The molecule has 0 unspecified atom stereocenters. The van der Waals surface area contributed by atoms with E-state index in [1.54, 1.807) is 6.33 Å². The van der Waals surface area contributed by atoms with E-state index in [9.17, 15) is 0 Å². The van der Waals surface area contributed by atoms with E-state index in [0.717, 1.165) is 18.7 Å². The molecule has 1 aromatic heterocycles. The van der Waals surface area contributed by atoms with Gasteiger partial charge in [0.15, 0.2) is 0 Å². The van der Waals surface area contributed by atoms with Crippen molar-refractivity contribution in [1.82, 2.24) is 15.0 Å². The third-order valence-corrected chi connectivity index (χ3v) is 2.49. The minimum atomic E-state index is 0.711. The highest BCUT2D eigenvalue weighted by Gasteiger charge is 2.02. The summed E-state index contributed by atoms with van der Waals surface area (Å²) >= 11 is 0. The lowest BCUT2D eigenvalue weighted by Gasteiger charge is -2.09. The molecule has 1 heterocycles. The molecular weight excluding hydrogens is 212 g/mol. The molecule has 0 fully saturated rings. The van der Waals surface area contributed by atoms with Crippen molar-refractivity contribution in [3.8, 4) is 0 Å². The Kier molecular flexibility index (Phi) is 3.65. The highest BCUT2D eigenvalue weighted by Crippen LogP contribution is 2.05. The molecule has 0 saturated carbocycles. The number of benzene rings is 1. The van der Waals surface area contributed by atoms with Crippen LogP contribution in [-0.4, -0.2) is 29.0 Å². The van der Waals surface area contributed by atoms with E-state index in [4.69, 9.17) is 0 Å². The summed E-state index contributed by atoms with van der Waals surface area (Å²) in [5.74, 6) is 1.55. The summed E-state index contributed by atoms with van der Waals surface area (Å²) in [5, 5.41) is 0. The van der Waals surface area contributed by atoms with Crippen LogP contribution >= 0.6 is 0 Å². The SMILES string of the molecule is CN(C)c1ncnc(CCc2ccccc2)n1. The standard InChI is InChI=1S/C13H16N4/c1-17(2)13-15-10-14-12(16-13)9-8-11-6-4-3-5-7-11/h3-7,10H,8-9H2,1-2H3. The summed E-state index contributed by atoms with van der Waals surface area (Å²) in [6.07, 6.45) is 3.37. The first-order chi connectivity index (χ1) is 8.25. The predicted octanol–water partition coefficient (Wildman–Crippen LogP) is 1.72. The van der Waals surface area contributed by atoms with Gasteiger partial charge in [-0.05, 0) is 12.0 Å². The van der Waals surface area contributed by atoms with E-state index in [1.807, 2.05) is 37.2 Å². The molecule has 2 aromatic rings. The molecule has 0 saturated heterocycles. The van der Waals surface area contributed by atoms with Crippen LogP contribution in [0.3, 0.4) is 0 Å². The van der Waals surface area contributed by atoms with Gasteiger partial charge in [-0.25, -0.2) is 9.97 Å². The maximum absolute atomic E-state index is 4.39. The van der Waals surface area contributed by atoms with Gasteiger partial charge in [-0.3, -0.25) is 0 Å². The normalized spacial score (nSPS) is 10.2. The first-order valence-electron chi connectivity index (χ1n) is 5.65. The molecule has 1 aromatic carbocycles. The topological polar surface area (TPSA) is 41.9 Å². The second-order valence-corrected chi connectivity index (χ2v) is 4.08. The maximum Gasteiger partial charge on any atom is 0.228 e. The third kappa shape index (κ3) is 3.24. The fraction of sp³-hybridized carbons (Fsp3) is 0.308. The zero-order valence-corrected chi connectivity index (χ0v) is 10.2. The van der Waals surface area contributed by atoms with E-state index in [0.29, 0.717) is 5.95 Å². The summed E-state index contributed by atoms with van der Waals surface area (Å²) in [6, 6.07) is 10.4. The molecule has 4 heteroatoms. The van der Waals surface area contributed by atoms with Crippen LogP contribution < -0.4 is 4.90 Å². The zero-order chi connectivity index (χ0) is 12.1. The summed E-state index contributed by atoms with van der Waals surface area (Å²) in [5.41, 5.74) is 1.30. The molecule has 88 valence electrons. The highest BCUT2D eigenvalue weighted by atomic mass is 15.2. The van der Waals surface area contributed by atoms with Gasteiger partial charge in [0.05, 0.1) is 0 Å². The van der Waals surface area contributed by atoms with E-state index < -0.39 is 0 Å². The largest absolute Gasteiger partial charge is 0.347 e. The summed E-state index contributed by atoms with van der Waals surface area (Å²) in [6.45, 7) is 0. The third-order valence-electron chi connectivity index (χ3n) is 2.49. The van der Waals surface area contributed by atoms with Crippen LogP contribution in [0.4, 0.5) is 5.95 Å². The van der Waals surface area contributed by atoms with Gasteiger partial charge in [0.2, 0.25) is 5.95 Å². The van der Waals surface area contributed by atoms with Gasteiger partial charge in [-0.2, -0.15) is 4.98 Å². The predicted molar refractivity (Wildman–Crippen MR) is 68.0 cm³/mol. The van der Waals surface area contributed by atoms with Gasteiger partial charge >= 0.3 is 0 Å². The van der Waals surface area contributed by atoms with Crippen LogP contribution in [0.5, 0.6) is 0 Å². The molecule has 0 aliphatic rings. The van der Waals surface area contributed by atoms with Crippen LogP contribution in [0.1, 0.15) is 11.4 Å². The molecule has 4 nitrogen and oxygen atoms in total. The summed E-state index contributed by atoms with van der Waals surface area (Å²) in [4.78, 5) is 14.6. The van der Waals surface area contributed by atoms with Crippen molar-refractivity contribution in [2.75, 3.05) is 19.0 Å². The number of aryl methyl sites for hydroxylation is 2. The highest BCUT2D eigenvalue weighted by molar-refractivity contribution is 5.25. The number of aromatic nitrogens is 3. The second-order valence-electron chi connectivity index (χ2n) is 4.08. The Labute approximate surface area is 101 Å². The Morgan fingerprint density at radius 2 is 1.76 bits per heavy atom. The molecule has 0 radical (unpaired) electrons. The van der Waals surface area contributed by atoms with Gasteiger partial charge < -0.3 is 4.90 Å². The van der Waals surface area contributed by atoms with Crippen molar-refractivity contribution in [2.24, 2.45) is 0 Å². The molecule has 0 aliphatic heterocycles. The van der Waals surface area contributed by atoms with E-state index in [2.05, 4.69) is 27.1 Å². The average Bonchev–Trinajstić information content (AvgIpc) is 2.38. The quantitative estimate of drug-likeness (QED) is 0.799. The first-order valence-corrected chi connectivity index (χ1v) is 5.65. The Morgan fingerprint density at radius 3 is 2.47 bits per heavy atom. The number of anilines is 1. The molecule has 0 bridgehead atoms. The number of nitrogens with zero attached hydrogens (tertiary/aromatic N) is 4. The van der Waals surface area contributed by atoms with E-state index in [1.165, 1.54) is 5.56 Å². The second kappa shape index (κ2) is 5.39. The Hall–Kier alpha value is -1.97. The number of hydrogen-bond acceptors (Lipinski definition) is 4. The number of rotatable bonds is 4. The molecule has 0 atom stereocenters. The molecule has 0 amide bonds. The molecule has 0 N–H and O–H groups in total. The molecule has 17 heavy (non-hydrogen) atoms. The minimum absolute atomic E-state index is 0.711. The van der Waals surface area contributed by atoms with Crippen molar-refractivity contribution >= 4 is 5.95 Å². The lowest BCUT2D eigenvalue weighted by molar-refractivity contribution is 0.821. The average molecular weight is 228 g/mol. The van der Waals surface area contributed by atoms with Crippen molar-refractivity contribution in [2.45, 2.75) is 12.8 Å². The molecule has 2 rings (SSSR count). The van der Waals surface area contributed by atoms with E-state index >= 15 is 0 Å². The lowest BCUT2D eigenvalue weighted by atomic mass is 10.1. The number of hydrogen-bond donors (Lipinski definition) is 0. The summed E-state index contributed by atoms with van der Waals surface area (Å²) < 4.78 is 0. The monoisotopic (exact) mass is 228 g/mol. The van der Waals surface area contributed by atoms with Gasteiger partial charge in [0, 0.05) is 20.5 Å². The molecular formula is C13H16N4. The van der Waals surface area contributed by atoms with Crippen LogP contribution in [0.25, 0.3) is 0 Å². The minimum Gasteiger partial charge on any atom is -0.347 e. The van der Waals surface area contributed by atoms with Crippen molar-refractivity contribution < 1.29 is 0 Å². The van der Waals surface area contributed by atoms with Crippen LogP contribution in [-0.2, 0) is 12.8 Å². The Balaban J connectivity index is 2.02. The van der Waals surface area contributed by atoms with Crippen molar-refractivity contribution in [1.29, 1.82) is 0 Å². The summed E-state index contributed by atoms with van der Waals surface area (Å²) in [7, 11) is 3.85. The maximum atomic E-state index is 4.39. The smallest absolute Gasteiger partial charge is 0.228 e. The van der Waals surface area contributed by atoms with Crippen molar-refractivity contribution in [3.05, 3.63) is 48.0 Å². The van der Waals surface area contributed by atoms with Crippen LogP contribution in [0.15, 0.2) is 36.7 Å². The van der Waals surface area contributed by atoms with Gasteiger partial charge in [0.1, 0.15) is 12.2 Å². The van der Waals surface area contributed by atoms with Gasteiger partial charge in [0.25, 0.3) is 0 Å². The first kappa shape index (κ1) is 11.5. The fourth-order valence-electron chi connectivity index (χ4n) is 1.56. The molecule has 0 aliphatic carbocycles. The Bertz CT molecular complexity index is 468. The van der Waals surface area contributed by atoms with Gasteiger partial charge in [-0.15, -0.1) is 0 Å².